The molecule has 0 bridgehead atoms. The number of nitrogens with zero attached hydrogens (tertiary/aromatic N) is 1. The first kappa shape index (κ1) is 20.5. The van der Waals surface area contributed by atoms with Gasteiger partial charge in [-0.3, -0.25) is 0 Å². The van der Waals surface area contributed by atoms with E-state index in [-0.39, 0.29) is 11.3 Å². The van der Waals surface area contributed by atoms with Crippen molar-refractivity contribution in [1.29, 1.82) is 0 Å². The van der Waals surface area contributed by atoms with E-state index in [0.717, 1.165) is 0 Å². The molecule has 10 heteroatoms. The lowest BCUT2D eigenvalue weighted by atomic mass is 10.1. The van der Waals surface area contributed by atoms with Gasteiger partial charge in [0.15, 0.2) is 5.71 Å². The largest absolute Gasteiger partial charge is 0.740 e. The highest BCUT2D eigenvalue weighted by atomic mass is 32.2. The smallest absolute Gasteiger partial charge is 0.437 e. The number of alkyl halides is 3. The van der Waals surface area contributed by atoms with Crippen molar-refractivity contribution in [2.24, 2.45) is 5.16 Å². The Morgan fingerprint density at radius 1 is 1.08 bits per heavy atom. The molecule has 1 atom stereocenters. The van der Waals surface area contributed by atoms with Gasteiger partial charge in [-0.05, 0) is 24.3 Å². The Morgan fingerprint density at radius 2 is 1.60 bits per heavy atom. The zero-order chi connectivity index (χ0) is 18.9. The number of benzene rings is 2. The number of oxime groups is 1. The number of ether oxygens (including phenoxy) is 1. The molecule has 0 saturated heterocycles. The summed E-state index contributed by atoms with van der Waals surface area (Å²) in [6.45, 7) is 0. The molecule has 0 radical (unpaired) electrons. The average Bonchev–Trinajstić information content (AvgIpc) is 2.56. The number of halogens is 3. The van der Waals surface area contributed by atoms with Gasteiger partial charge in [0.1, 0.15) is 22.9 Å². The van der Waals surface area contributed by atoms with Crippen molar-refractivity contribution in [3.05, 3.63) is 60.2 Å². The Labute approximate surface area is 144 Å². The fraction of sp³-hybridized carbons (Fsp3) is 0.133. The molecule has 0 aliphatic rings. The second-order valence-electron chi connectivity index (χ2n) is 4.28. The molecule has 1 unspecified atom stereocenters. The summed E-state index contributed by atoms with van der Waals surface area (Å²) in [5.41, 5.74) is -1.44. The van der Waals surface area contributed by atoms with Gasteiger partial charge in [0.25, 0.3) is 0 Å². The maximum atomic E-state index is 12.1. The topological polar surface area (TPSA) is 91.2 Å². The molecule has 0 saturated carbocycles. The van der Waals surface area contributed by atoms with Crippen LogP contribution in [0.3, 0.4) is 0 Å². The lowest BCUT2D eigenvalue weighted by Gasteiger charge is -2.07. The van der Waals surface area contributed by atoms with Crippen molar-refractivity contribution in [2.75, 3.05) is 7.11 Å². The van der Waals surface area contributed by atoms with Crippen LogP contribution in [-0.4, -0.2) is 33.0 Å². The molecule has 0 fully saturated rings. The minimum absolute atomic E-state index is 0.155. The SMILES string of the molecule is COc1ccc(OS(=O)[O-])cc1.ON=C(c1ccccc1)C(F)(F)F. The third-order valence-corrected chi connectivity index (χ3v) is 2.97. The van der Waals surface area contributed by atoms with Crippen LogP contribution in [0.5, 0.6) is 11.5 Å². The monoisotopic (exact) mass is 376 g/mol. The van der Waals surface area contributed by atoms with Gasteiger partial charge in [-0.1, -0.05) is 35.5 Å². The minimum atomic E-state index is -4.63. The molecule has 0 amide bonds. The maximum Gasteiger partial charge on any atom is 0.437 e. The number of rotatable bonds is 4. The van der Waals surface area contributed by atoms with Crippen LogP contribution in [-0.2, 0) is 11.4 Å². The Kier molecular flexibility index (Phi) is 7.89. The molecular weight excluding hydrogens is 363 g/mol. The van der Waals surface area contributed by atoms with Crippen molar-refractivity contribution in [2.45, 2.75) is 6.18 Å². The Hall–Kier alpha value is -2.59. The molecule has 0 aliphatic heterocycles. The van der Waals surface area contributed by atoms with Crippen LogP contribution >= 0.6 is 0 Å². The summed E-state index contributed by atoms with van der Waals surface area (Å²) in [7, 11) is 1.53. The Morgan fingerprint density at radius 3 is 2.00 bits per heavy atom. The molecule has 1 N–H and O–H groups in total. The lowest BCUT2D eigenvalue weighted by molar-refractivity contribution is -0.0601. The fourth-order valence-electron chi connectivity index (χ4n) is 1.58. The molecular formula is C15H13F3NO5S-. The van der Waals surface area contributed by atoms with Crippen molar-refractivity contribution < 1.29 is 36.1 Å². The predicted octanol–water partition coefficient (Wildman–Crippen LogP) is 3.30. The molecule has 2 aromatic rings. The molecule has 0 heterocycles. The van der Waals surface area contributed by atoms with E-state index in [0.29, 0.717) is 5.75 Å². The molecule has 6 nitrogen and oxygen atoms in total. The molecule has 2 aromatic carbocycles. The summed E-state index contributed by atoms with van der Waals surface area (Å²) in [5, 5.41) is 10.4. The van der Waals surface area contributed by atoms with E-state index in [1.807, 2.05) is 0 Å². The standard InChI is InChI=1S/C8H6F3NO.C7H8O4S/c9-8(10,11)7(12-13)6-4-2-1-3-5-6;1-10-6-2-4-7(5-3-6)11-12(8)9/h1-5,13H;2-5H,1H3,(H,8,9)/p-1. The van der Waals surface area contributed by atoms with Crippen LogP contribution < -0.4 is 8.92 Å². The normalized spacial score (nSPS) is 12.6. The quantitative estimate of drug-likeness (QED) is 0.383. The van der Waals surface area contributed by atoms with Gasteiger partial charge in [-0.25, -0.2) is 4.21 Å². The average molecular weight is 376 g/mol. The van der Waals surface area contributed by atoms with Crippen molar-refractivity contribution in [3.63, 3.8) is 0 Å². The van der Waals surface area contributed by atoms with E-state index in [4.69, 9.17) is 9.94 Å². The van der Waals surface area contributed by atoms with Crippen LogP contribution in [0, 0.1) is 0 Å². The lowest BCUT2D eigenvalue weighted by Crippen LogP contribution is -2.23. The number of methoxy groups -OCH3 is 1. The van der Waals surface area contributed by atoms with Gasteiger partial charge < -0.3 is 18.7 Å². The highest BCUT2D eigenvalue weighted by Crippen LogP contribution is 2.22. The van der Waals surface area contributed by atoms with E-state index in [9.17, 15) is 21.9 Å². The molecule has 0 aromatic heterocycles. The number of hydrogen-bond acceptors (Lipinski definition) is 6. The van der Waals surface area contributed by atoms with Crippen LogP contribution in [0.2, 0.25) is 0 Å². The van der Waals surface area contributed by atoms with Gasteiger partial charge in [0.05, 0.1) is 7.11 Å². The maximum absolute atomic E-state index is 12.1. The second kappa shape index (κ2) is 9.64. The van der Waals surface area contributed by atoms with E-state index in [1.165, 1.54) is 43.5 Å². The summed E-state index contributed by atoms with van der Waals surface area (Å²) >= 11 is -2.52. The van der Waals surface area contributed by atoms with E-state index in [1.54, 1.807) is 18.2 Å². The molecule has 0 spiro atoms. The first-order chi connectivity index (χ1) is 11.8. The van der Waals surface area contributed by atoms with E-state index < -0.39 is 23.2 Å². The summed E-state index contributed by atoms with van der Waals surface area (Å²) in [6, 6.07) is 13.1. The predicted molar refractivity (Wildman–Crippen MR) is 83.4 cm³/mol. The van der Waals surface area contributed by atoms with Crippen molar-refractivity contribution in [3.8, 4) is 11.5 Å². The zero-order valence-corrected chi connectivity index (χ0v) is 13.6. The van der Waals surface area contributed by atoms with Crippen LogP contribution in [0.25, 0.3) is 0 Å². The zero-order valence-electron chi connectivity index (χ0n) is 12.8. The number of hydrogen-bond donors (Lipinski definition) is 1. The minimum Gasteiger partial charge on any atom is -0.740 e. The first-order valence-corrected chi connectivity index (χ1v) is 7.54. The van der Waals surface area contributed by atoms with Gasteiger partial charge in [0.2, 0.25) is 0 Å². The third-order valence-electron chi connectivity index (χ3n) is 2.64. The molecule has 2 rings (SSSR count). The van der Waals surface area contributed by atoms with E-state index >= 15 is 0 Å². The highest BCUT2D eigenvalue weighted by molar-refractivity contribution is 7.74. The van der Waals surface area contributed by atoms with Gasteiger partial charge >= 0.3 is 6.18 Å². The molecule has 136 valence electrons. The summed E-state index contributed by atoms with van der Waals surface area (Å²) in [5.74, 6) is 0.920. The summed E-state index contributed by atoms with van der Waals surface area (Å²) < 4.78 is 65.7. The summed E-state index contributed by atoms with van der Waals surface area (Å²) in [6.07, 6.45) is -4.63. The van der Waals surface area contributed by atoms with E-state index in [2.05, 4.69) is 9.34 Å². The molecule has 25 heavy (non-hydrogen) atoms. The third kappa shape index (κ3) is 7.23. The highest BCUT2D eigenvalue weighted by Gasteiger charge is 2.37. The molecule has 0 aliphatic carbocycles. The van der Waals surface area contributed by atoms with Crippen molar-refractivity contribution in [1.82, 2.24) is 0 Å². The van der Waals surface area contributed by atoms with Crippen LogP contribution in [0.15, 0.2) is 59.8 Å². The fourth-order valence-corrected chi connectivity index (χ4v) is 1.85. The van der Waals surface area contributed by atoms with Gasteiger partial charge in [0, 0.05) is 5.56 Å². The first-order valence-electron chi connectivity index (χ1n) is 6.54. The van der Waals surface area contributed by atoms with Gasteiger partial charge in [-0.15, -0.1) is 0 Å². The van der Waals surface area contributed by atoms with Crippen molar-refractivity contribution >= 4 is 17.1 Å². The van der Waals surface area contributed by atoms with Crippen LogP contribution in [0.4, 0.5) is 13.2 Å². The van der Waals surface area contributed by atoms with Crippen LogP contribution in [0.1, 0.15) is 5.56 Å². The second-order valence-corrected chi connectivity index (χ2v) is 4.85. The van der Waals surface area contributed by atoms with Gasteiger partial charge in [-0.2, -0.15) is 13.2 Å². The Bertz CT molecular complexity index is 705. The Balaban J connectivity index is 0.000000251. The summed E-state index contributed by atoms with van der Waals surface area (Å²) in [4.78, 5) is 0.